The topological polar surface area (TPSA) is 40.5 Å². The van der Waals surface area contributed by atoms with Gasteiger partial charge >= 0.3 is 5.97 Å². The Hall–Kier alpha value is -0.570. The van der Waals surface area contributed by atoms with Gasteiger partial charge in [-0.15, -0.1) is 0 Å². The minimum absolute atomic E-state index is 0.102. The van der Waals surface area contributed by atoms with E-state index in [0.29, 0.717) is 6.04 Å². The van der Waals surface area contributed by atoms with E-state index in [-0.39, 0.29) is 5.92 Å². The standard InChI is InChI=1S/C12H23NO2/c1-3-8-13(4-2)11-7-5-6-10(9-11)12(14)15/h10-11H,3-9H2,1-2H3,(H,14,15). The second-order valence-electron chi connectivity index (χ2n) is 4.48. The van der Waals surface area contributed by atoms with E-state index in [9.17, 15) is 4.79 Å². The van der Waals surface area contributed by atoms with Gasteiger partial charge in [0.15, 0.2) is 0 Å². The van der Waals surface area contributed by atoms with Crippen LogP contribution in [-0.2, 0) is 4.79 Å². The van der Waals surface area contributed by atoms with Crippen LogP contribution in [0.1, 0.15) is 46.0 Å². The van der Waals surface area contributed by atoms with Gasteiger partial charge < -0.3 is 10.0 Å². The molecule has 15 heavy (non-hydrogen) atoms. The first kappa shape index (κ1) is 12.5. The summed E-state index contributed by atoms with van der Waals surface area (Å²) in [6, 6.07) is 0.504. The molecule has 0 aromatic carbocycles. The summed E-state index contributed by atoms with van der Waals surface area (Å²) >= 11 is 0. The number of rotatable bonds is 5. The van der Waals surface area contributed by atoms with Crippen molar-refractivity contribution < 1.29 is 9.90 Å². The van der Waals surface area contributed by atoms with Crippen molar-refractivity contribution in [2.75, 3.05) is 13.1 Å². The Labute approximate surface area is 92.5 Å². The van der Waals surface area contributed by atoms with Gasteiger partial charge in [0.05, 0.1) is 5.92 Å². The highest BCUT2D eigenvalue weighted by Gasteiger charge is 2.29. The Balaban J connectivity index is 2.49. The second kappa shape index (κ2) is 6.11. The molecule has 3 heteroatoms. The van der Waals surface area contributed by atoms with E-state index in [1.165, 1.54) is 6.42 Å². The van der Waals surface area contributed by atoms with Crippen LogP contribution in [0, 0.1) is 5.92 Å². The van der Waals surface area contributed by atoms with Crippen LogP contribution in [-0.4, -0.2) is 35.1 Å². The summed E-state index contributed by atoms with van der Waals surface area (Å²) in [5.41, 5.74) is 0. The summed E-state index contributed by atoms with van der Waals surface area (Å²) in [4.78, 5) is 13.4. The molecule has 0 radical (unpaired) electrons. The van der Waals surface area contributed by atoms with Crippen molar-refractivity contribution in [1.29, 1.82) is 0 Å². The van der Waals surface area contributed by atoms with Crippen molar-refractivity contribution in [1.82, 2.24) is 4.90 Å². The number of nitrogens with zero attached hydrogens (tertiary/aromatic N) is 1. The molecule has 1 fully saturated rings. The van der Waals surface area contributed by atoms with Gasteiger partial charge in [0.1, 0.15) is 0 Å². The number of carbonyl (C=O) groups is 1. The molecule has 2 atom stereocenters. The Kier molecular flexibility index (Phi) is 5.09. The summed E-state index contributed by atoms with van der Waals surface area (Å²) in [6.07, 6.45) is 5.13. The summed E-state index contributed by atoms with van der Waals surface area (Å²) in [5, 5.41) is 9.02. The zero-order valence-electron chi connectivity index (χ0n) is 9.91. The molecule has 0 bridgehead atoms. The van der Waals surface area contributed by atoms with Gasteiger partial charge in [-0.3, -0.25) is 4.79 Å². The van der Waals surface area contributed by atoms with Crippen LogP contribution in [0.4, 0.5) is 0 Å². The highest BCUT2D eigenvalue weighted by molar-refractivity contribution is 5.70. The second-order valence-corrected chi connectivity index (χ2v) is 4.48. The SMILES string of the molecule is CCCN(CC)C1CCCC(C(=O)O)C1. The van der Waals surface area contributed by atoms with Crippen molar-refractivity contribution >= 4 is 5.97 Å². The molecule has 1 aliphatic rings. The molecule has 1 rings (SSSR count). The fourth-order valence-corrected chi connectivity index (χ4v) is 2.61. The van der Waals surface area contributed by atoms with E-state index in [1.54, 1.807) is 0 Å². The van der Waals surface area contributed by atoms with Gasteiger partial charge in [0.25, 0.3) is 0 Å². The highest BCUT2D eigenvalue weighted by atomic mass is 16.4. The molecule has 0 spiro atoms. The summed E-state index contributed by atoms with van der Waals surface area (Å²) in [6.45, 7) is 6.50. The molecular weight excluding hydrogens is 190 g/mol. The Morgan fingerprint density at radius 1 is 1.40 bits per heavy atom. The molecule has 0 saturated heterocycles. The maximum Gasteiger partial charge on any atom is 0.306 e. The number of hydrogen-bond acceptors (Lipinski definition) is 2. The van der Waals surface area contributed by atoms with Crippen molar-refractivity contribution in [3.8, 4) is 0 Å². The van der Waals surface area contributed by atoms with Crippen molar-refractivity contribution in [3.63, 3.8) is 0 Å². The largest absolute Gasteiger partial charge is 0.481 e. The van der Waals surface area contributed by atoms with Crippen LogP contribution in [0.2, 0.25) is 0 Å². The van der Waals surface area contributed by atoms with Gasteiger partial charge in [-0.05, 0) is 38.8 Å². The molecule has 1 aliphatic carbocycles. The molecule has 1 N–H and O–H groups in total. The maximum absolute atomic E-state index is 11.0. The first-order valence-electron chi connectivity index (χ1n) is 6.15. The van der Waals surface area contributed by atoms with E-state index in [4.69, 9.17) is 5.11 Å². The lowest BCUT2D eigenvalue weighted by Crippen LogP contribution is -2.40. The van der Waals surface area contributed by atoms with E-state index in [1.807, 2.05) is 0 Å². The van der Waals surface area contributed by atoms with Crippen LogP contribution >= 0.6 is 0 Å². The molecule has 0 amide bonds. The van der Waals surface area contributed by atoms with Crippen LogP contribution in [0.3, 0.4) is 0 Å². The monoisotopic (exact) mass is 213 g/mol. The van der Waals surface area contributed by atoms with Crippen LogP contribution in [0.25, 0.3) is 0 Å². The first-order valence-corrected chi connectivity index (χ1v) is 6.15. The molecule has 3 nitrogen and oxygen atoms in total. The lowest BCUT2D eigenvalue weighted by molar-refractivity contribution is -0.143. The fourth-order valence-electron chi connectivity index (χ4n) is 2.61. The van der Waals surface area contributed by atoms with E-state index in [0.717, 1.165) is 38.8 Å². The molecule has 0 heterocycles. The number of hydrogen-bond donors (Lipinski definition) is 1. The molecule has 88 valence electrons. The van der Waals surface area contributed by atoms with Crippen LogP contribution in [0.5, 0.6) is 0 Å². The quantitative estimate of drug-likeness (QED) is 0.762. The van der Waals surface area contributed by atoms with Gasteiger partial charge in [-0.2, -0.15) is 0 Å². The van der Waals surface area contributed by atoms with Gasteiger partial charge in [0.2, 0.25) is 0 Å². The Morgan fingerprint density at radius 3 is 2.67 bits per heavy atom. The summed E-state index contributed by atoms with van der Waals surface area (Å²) < 4.78 is 0. The maximum atomic E-state index is 11.0. The van der Waals surface area contributed by atoms with E-state index in [2.05, 4.69) is 18.7 Å². The Morgan fingerprint density at radius 2 is 2.13 bits per heavy atom. The van der Waals surface area contributed by atoms with Crippen molar-refractivity contribution in [2.24, 2.45) is 5.92 Å². The number of aliphatic carboxylic acids is 1. The molecule has 2 unspecified atom stereocenters. The lowest BCUT2D eigenvalue weighted by atomic mass is 9.85. The van der Waals surface area contributed by atoms with E-state index >= 15 is 0 Å². The van der Waals surface area contributed by atoms with E-state index < -0.39 is 5.97 Å². The van der Waals surface area contributed by atoms with Crippen molar-refractivity contribution in [2.45, 2.75) is 52.0 Å². The average Bonchev–Trinajstić information content (AvgIpc) is 2.26. The molecule has 1 saturated carbocycles. The highest BCUT2D eigenvalue weighted by Crippen LogP contribution is 2.27. The summed E-state index contributed by atoms with van der Waals surface area (Å²) in [7, 11) is 0. The normalized spacial score (nSPS) is 26.9. The predicted molar refractivity (Wildman–Crippen MR) is 60.9 cm³/mol. The smallest absolute Gasteiger partial charge is 0.306 e. The molecule has 0 aromatic heterocycles. The number of carboxylic acid groups (broad SMARTS) is 1. The third-order valence-corrected chi connectivity index (χ3v) is 3.43. The first-order chi connectivity index (χ1) is 7.19. The fraction of sp³-hybridized carbons (Fsp3) is 0.917. The third-order valence-electron chi connectivity index (χ3n) is 3.43. The predicted octanol–water partition coefficient (Wildman–Crippen LogP) is 2.36. The molecular formula is C12H23NO2. The van der Waals surface area contributed by atoms with Crippen LogP contribution < -0.4 is 0 Å². The third kappa shape index (κ3) is 3.49. The molecule has 0 aliphatic heterocycles. The average molecular weight is 213 g/mol. The van der Waals surface area contributed by atoms with Crippen LogP contribution in [0.15, 0.2) is 0 Å². The Bertz CT molecular complexity index is 206. The minimum atomic E-state index is -0.604. The van der Waals surface area contributed by atoms with Gasteiger partial charge in [-0.25, -0.2) is 0 Å². The zero-order valence-corrected chi connectivity index (χ0v) is 9.91. The van der Waals surface area contributed by atoms with Crippen molar-refractivity contribution in [3.05, 3.63) is 0 Å². The summed E-state index contributed by atoms with van der Waals surface area (Å²) in [5.74, 6) is -0.707. The van der Waals surface area contributed by atoms with Gasteiger partial charge in [0, 0.05) is 6.04 Å². The minimum Gasteiger partial charge on any atom is -0.481 e. The number of carboxylic acids is 1. The zero-order chi connectivity index (χ0) is 11.3. The lowest BCUT2D eigenvalue weighted by Gasteiger charge is -2.35. The van der Waals surface area contributed by atoms with Gasteiger partial charge in [-0.1, -0.05) is 20.3 Å². The molecule has 0 aromatic rings.